The second-order valence-electron chi connectivity index (χ2n) is 4.81. The number of nitrogens with two attached hydrogens (primary N) is 1. The fourth-order valence-electron chi connectivity index (χ4n) is 2.24. The van der Waals surface area contributed by atoms with Gasteiger partial charge in [-0.2, -0.15) is 0 Å². The second-order valence-corrected chi connectivity index (χ2v) is 4.81. The number of likely N-dealkylation sites (tertiary alicyclic amines) is 1. The fraction of sp³-hybridized carbons (Fsp3) is 0.583. The van der Waals surface area contributed by atoms with E-state index in [1.165, 1.54) is 6.20 Å². The predicted molar refractivity (Wildman–Crippen MR) is 67.1 cm³/mol. The Morgan fingerprint density at radius 2 is 2.44 bits per heavy atom. The van der Waals surface area contributed by atoms with Crippen molar-refractivity contribution >= 4 is 5.91 Å². The van der Waals surface area contributed by atoms with E-state index in [0.29, 0.717) is 12.5 Å². The van der Waals surface area contributed by atoms with Crippen LogP contribution in [0.2, 0.25) is 0 Å². The Kier molecular flexibility index (Phi) is 3.76. The van der Waals surface area contributed by atoms with Crippen molar-refractivity contribution in [2.24, 2.45) is 11.7 Å². The van der Waals surface area contributed by atoms with Gasteiger partial charge in [0.1, 0.15) is 5.69 Å². The predicted octanol–water partition coefficient (Wildman–Crippen LogP) is -0.0307. The molecule has 6 heteroatoms. The number of hydrogen-bond donors (Lipinski definition) is 2. The minimum absolute atomic E-state index is 0.0872. The van der Waals surface area contributed by atoms with Crippen molar-refractivity contribution < 1.29 is 4.79 Å². The Labute approximate surface area is 105 Å². The van der Waals surface area contributed by atoms with E-state index in [1.54, 1.807) is 4.90 Å². The summed E-state index contributed by atoms with van der Waals surface area (Å²) in [5.74, 6) is 0.196. The molecule has 0 bridgehead atoms. The standard InChI is InChI=1S/C12H18N4O2/c1-8(13)9-3-2-4-16(7-9)12(18)10-5-15-11(17)6-14-10/h5-6,8-9H,2-4,7,13H2,1H3,(H,15,17). The molecule has 1 aliphatic heterocycles. The van der Waals surface area contributed by atoms with E-state index >= 15 is 0 Å². The van der Waals surface area contributed by atoms with Crippen LogP contribution >= 0.6 is 0 Å². The summed E-state index contributed by atoms with van der Waals surface area (Å²) in [6, 6.07) is 0.0872. The van der Waals surface area contributed by atoms with Crippen LogP contribution in [0.4, 0.5) is 0 Å². The molecule has 1 aromatic rings. The quantitative estimate of drug-likeness (QED) is 0.771. The third-order valence-corrected chi connectivity index (χ3v) is 3.38. The molecule has 0 radical (unpaired) electrons. The van der Waals surface area contributed by atoms with Crippen molar-refractivity contribution in [3.05, 3.63) is 28.4 Å². The van der Waals surface area contributed by atoms with E-state index in [1.807, 2.05) is 6.92 Å². The minimum atomic E-state index is -0.307. The molecule has 1 fully saturated rings. The van der Waals surface area contributed by atoms with Gasteiger partial charge in [-0.1, -0.05) is 0 Å². The first kappa shape index (κ1) is 12.8. The fourth-order valence-corrected chi connectivity index (χ4v) is 2.24. The Balaban J connectivity index is 2.09. The van der Waals surface area contributed by atoms with E-state index in [9.17, 15) is 9.59 Å². The average molecular weight is 250 g/mol. The third-order valence-electron chi connectivity index (χ3n) is 3.38. The zero-order chi connectivity index (χ0) is 13.1. The van der Waals surface area contributed by atoms with Crippen LogP contribution in [0.3, 0.4) is 0 Å². The van der Waals surface area contributed by atoms with Crippen molar-refractivity contribution in [2.75, 3.05) is 13.1 Å². The van der Waals surface area contributed by atoms with E-state index < -0.39 is 0 Å². The highest BCUT2D eigenvalue weighted by molar-refractivity contribution is 5.92. The molecule has 0 aromatic carbocycles. The van der Waals surface area contributed by atoms with Gasteiger partial charge in [-0.15, -0.1) is 0 Å². The zero-order valence-electron chi connectivity index (χ0n) is 10.4. The van der Waals surface area contributed by atoms with Crippen LogP contribution in [-0.2, 0) is 0 Å². The van der Waals surface area contributed by atoms with Gasteiger partial charge in [-0.3, -0.25) is 9.59 Å². The maximum Gasteiger partial charge on any atom is 0.273 e. The van der Waals surface area contributed by atoms with Crippen LogP contribution < -0.4 is 11.3 Å². The van der Waals surface area contributed by atoms with Crippen molar-refractivity contribution in [3.8, 4) is 0 Å². The Hall–Kier alpha value is -1.69. The average Bonchev–Trinajstić information content (AvgIpc) is 2.39. The first-order chi connectivity index (χ1) is 8.58. The van der Waals surface area contributed by atoms with E-state index in [-0.39, 0.29) is 23.2 Å². The van der Waals surface area contributed by atoms with Gasteiger partial charge in [0.2, 0.25) is 0 Å². The molecule has 0 saturated carbocycles. The number of nitrogens with one attached hydrogen (secondary N) is 1. The molecule has 1 aromatic heterocycles. The number of hydrogen-bond acceptors (Lipinski definition) is 4. The van der Waals surface area contributed by atoms with Gasteiger partial charge in [0.05, 0.1) is 6.20 Å². The number of carbonyl (C=O) groups is 1. The number of aromatic amines is 1. The molecule has 1 aliphatic rings. The lowest BCUT2D eigenvalue weighted by atomic mass is 9.92. The van der Waals surface area contributed by atoms with Crippen LogP contribution in [0.15, 0.2) is 17.2 Å². The topological polar surface area (TPSA) is 92.1 Å². The molecule has 0 aliphatic carbocycles. The summed E-state index contributed by atoms with van der Waals surface area (Å²) >= 11 is 0. The van der Waals surface area contributed by atoms with Crippen LogP contribution in [0.1, 0.15) is 30.3 Å². The van der Waals surface area contributed by atoms with Gasteiger partial charge in [0.15, 0.2) is 0 Å². The molecule has 1 saturated heterocycles. The molecule has 18 heavy (non-hydrogen) atoms. The maximum atomic E-state index is 12.2. The summed E-state index contributed by atoms with van der Waals surface area (Å²) in [7, 11) is 0. The van der Waals surface area contributed by atoms with E-state index in [4.69, 9.17) is 5.73 Å². The van der Waals surface area contributed by atoms with Crippen molar-refractivity contribution in [3.63, 3.8) is 0 Å². The van der Waals surface area contributed by atoms with Crippen molar-refractivity contribution in [2.45, 2.75) is 25.8 Å². The first-order valence-electron chi connectivity index (χ1n) is 6.17. The maximum absolute atomic E-state index is 12.2. The SMILES string of the molecule is CC(N)C1CCCN(C(=O)c2c[nH]c(=O)cn2)C1. The minimum Gasteiger partial charge on any atom is -0.337 e. The van der Waals surface area contributed by atoms with Gasteiger partial charge in [0.25, 0.3) is 11.5 Å². The van der Waals surface area contributed by atoms with Crippen LogP contribution in [0.25, 0.3) is 0 Å². The van der Waals surface area contributed by atoms with Crippen LogP contribution in [0.5, 0.6) is 0 Å². The lowest BCUT2D eigenvalue weighted by Crippen LogP contribution is -2.45. The second kappa shape index (κ2) is 5.30. The number of rotatable bonds is 2. The van der Waals surface area contributed by atoms with Gasteiger partial charge in [-0.25, -0.2) is 4.98 Å². The van der Waals surface area contributed by atoms with Gasteiger partial charge in [-0.05, 0) is 25.7 Å². The zero-order valence-corrected chi connectivity index (χ0v) is 10.4. The Morgan fingerprint density at radius 1 is 1.67 bits per heavy atom. The molecule has 3 N–H and O–H groups in total. The number of carbonyl (C=O) groups excluding carboxylic acids is 1. The lowest BCUT2D eigenvalue weighted by molar-refractivity contribution is 0.0654. The van der Waals surface area contributed by atoms with E-state index in [2.05, 4.69) is 9.97 Å². The molecule has 2 heterocycles. The molecule has 2 rings (SSSR count). The molecule has 6 nitrogen and oxygen atoms in total. The van der Waals surface area contributed by atoms with Crippen LogP contribution in [-0.4, -0.2) is 39.9 Å². The number of nitrogens with zero attached hydrogens (tertiary/aromatic N) is 2. The van der Waals surface area contributed by atoms with Gasteiger partial charge < -0.3 is 15.6 Å². The summed E-state index contributed by atoms with van der Waals surface area (Å²) in [5, 5.41) is 0. The summed E-state index contributed by atoms with van der Waals surface area (Å²) < 4.78 is 0. The molecular weight excluding hydrogens is 232 g/mol. The summed E-state index contributed by atoms with van der Waals surface area (Å²) in [6.45, 7) is 3.36. The highest BCUT2D eigenvalue weighted by Gasteiger charge is 2.26. The summed E-state index contributed by atoms with van der Waals surface area (Å²) in [5.41, 5.74) is 5.86. The highest BCUT2D eigenvalue weighted by atomic mass is 16.2. The highest BCUT2D eigenvalue weighted by Crippen LogP contribution is 2.19. The normalized spacial score (nSPS) is 21.7. The molecule has 2 unspecified atom stereocenters. The third kappa shape index (κ3) is 2.76. The number of H-pyrrole nitrogens is 1. The van der Waals surface area contributed by atoms with Gasteiger partial charge >= 0.3 is 0 Å². The van der Waals surface area contributed by atoms with Gasteiger partial charge in [0, 0.05) is 25.3 Å². The Bertz CT molecular complexity index is 463. The number of piperidine rings is 1. The number of amides is 1. The van der Waals surface area contributed by atoms with E-state index in [0.717, 1.165) is 25.6 Å². The first-order valence-corrected chi connectivity index (χ1v) is 6.17. The molecule has 98 valence electrons. The smallest absolute Gasteiger partial charge is 0.273 e. The Morgan fingerprint density at radius 3 is 3.06 bits per heavy atom. The monoisotopic (exact) mass is 250 g/mol. The summed E-state index contributed by atoms with van der Waals surface area (Å²) in [6.07, 6.45) is 4.50. The summed E-state index contributed by atoms with van der Waals surface area (Å²) in [4.78, 5) is 31.2. The lowest BCUT2D eigenvalue weighted by Gasteiger charge is -2.34. The largest absolute Gasteiger partial charge is 0.337 e. The molecule has 1 amide bonds. The van der Waals surface area contributed by atoms with Crippen LogP contribution in [0, 0.1) is 5.92 Å². The molecule has 2 atom stereocenters. The van der Waals surface area contributed by atoms with Crippen molar-refractivity contribution in [1.82, 2.24) is 14.9 Å². The molecular formula is C12H18N4O2. The van der Waals surface area contributed by atoms with Crippen molar-refractivity contribution in [1.29, 1.82) is 0 Å². The molecule has 0 spiro atoms. The number of aromatic nitrogens is 2.